The summed E-state index contributed by atoms with van der Waals surface area (Å²) >= 11 is 0. The Kier molecular flexibility index (Phi) is 5.15. The highest BCUT2D eigenvalue weighted by atomic mass is 16.4. The van der Waals surface area contributed by atoms with E-state index in [9.17, 15) is 14.7 Å². The van der Waals surface area contributed by atoms with Crippen molar-refractivity contribution in [2.24, 2.45) is 0 Å². The molecular formula is C14H22N4O4. The predicted molar refractivity (Wildman–Crippen MR) is 78.5 cm³/mol. The lowest BCUT2D eigenvalue weighted by atomic mass is 10.2. The Balaban J connectivity index is 2.01. The lowest BCUT2D eigenvalue weighted by molar-refractivity contribution is -0.138. The maximum atomic E-state index is 12.4. The Labute approximate surface area is 128 Å². The van der Waals surface area contributed by atoms with Crippen LogP contribution in [0.2, 0.25) is 0 Å². The number of carbonyl (C=O) groups excluding carboxylic acids is 1. The average Bonchev–Trinajstić information content (AvgIpc) is 3.04. The molecule has 22 heavy (non-hydrogen) atoms. The molecule has 0 aromatic carbocycles. The molecular weight excluding hydrogens is 288 g/mol. The first kappa shape index (κ1) is 16.4. The summed E-state index contributed by atoms with van der Waals surface area (Å²) in [7, 11) is 1.63. The molecule has 0 spiro atoms. The van der Waals surface area contributed by atoms with E-state index in [1.165, 1.54) is 4.90 Å². The van der Waals surface area contributed by atoms with E-state index in [4.69, 9.17) is 5.11 Å². The van der Waals surface area contributed by atoms with Crippen molar-refractivity contribution in [2.75, 3.05) is 26.7 Å². The van der Waals surface area contributed by atoms with Gasteiger partial charge in [0, 0.05) is 18.8 Å². The maximum absolute atomic E-state index is 12.4. The zero-order valence-electron chi connectivity index (χ0n) is 12.8. The highest BCUT2D eigenvalue weighted by Gasteiger charge is 2.37. The molecule has 1 unspecified atom stereocenters. The summed E-state index contributed by atoms with van der Waals surface area (Å²) in [5.74, 6) is -1.21. The van der Waals surface area contributed by atoms with Crippen LogP contribution in [0.5, 0.6) is 0 Å². The average molecular weight is 310 g/mol. The van der Waals surface area contributed by atoms with Crippen molar-refractivity contribution in [1.82, 2.24) is 20.0 Å². The number of aryl methyl sites for hydroxylation is 1. The van der Waals surface area contributed by atoms with Crippen LogP contribution < -0.4 is 0 Å². The second kappa shape index (κ2) is 6.89. The number of aliphatic carboxylic acids is 1. The van der Waals surface area contributed by atoms with Crippen molar-refractivity contribution in [2.45, 2.75) is 31.9 Å². The number of aromatic nitrogens is 2. The number of likely N-dealkylation sites (N-methyl/N-ethyl adjacent to an activating group) is 1. The van der Waals surface area contributed by atoms with Crippen molar-refractivity contribution >= 4 is 11.9 Å². The number of likely N-dealkylation sites (tertiary alicyclic amines) is 1. The first-order valence-corrected chi connectivity index (χ1v) is 7.36. The number of aliphatic hydroxyl groups excluding tert-OH is 1. The Bertz CT molecular complexity index is 545. The number of hydrogen-bond donors (Lipinski definition) is 3. The van der Waals surface area contributed by atoms with Crippen LogP contribution >= 0.6 is 0 Å². The Morgan fingerprint density at radius 2 is 2.23 bits per heavy atom. The van der Waals surface area contributed by atoms with Crippen LogP contribution in [0.3, 0.4) is 0 Å². The summed E-state index contributed by atoms with van der Waals surface area (Å²) in [6.07, 6.45) is 1.02. The Hall–Kier alpha value is -1.93. The van der Waals surface area contributed by atoms with Gasteiger partial charge in [-0.25, -0.2) is 0 Å². The molecule has 1 aliphatic heterocycles. The molecule has 0 saturated carbocycles. The molecule has 1 saturated heterocycles. The summed E-state index contributed by atoms with van der Waals surface area (Å²) in [5, 5.41) is 25.7. The zero-order chi connectivity index (χ0) is 16.3. The molecule has 0 radical (unpaired) electrons. The van der Waals surface area contributed by atoms with E-state index in [1.54, 1.807) is 18.0 Å². The quantitative estimate of drug-likeness (QED) is 0.657. The third kappa shape index (κ3) is 3.63. The number of aliphatic hydroxyl groups is 1. The SMILES string of the molecule is CCCc1cc(C(=O)N2CC(N(C)CC(=O)O)[C@H](O)C2)n[nH]1. The van der Waals surface area contributed by atoms with Gasteiger partial charge in [0.15, 0.2) is 0 Å². The molecule has 1 aromatic heterocycles. The highest BCUT2D eigenvalue weighted by molar-refractivity contribution is 5.92. The fourth-order valence-electron chi connectivity index (χ4n) is 2.73. The number of carboxylic acids is 1. The minimum absolute atomic E-state index is 0.174. The van der Waals surface area contributed by atoms with E-state index in [0.717, 1.165) is 18.5 Å². The smallest absolute Gasteiger partial charge is 0.317 e. The van der Waals surface area contributed by atoms with E-state index >= 15 is 0 Å². The number of aromatic amines is 1. The van der Waals surface area contributed by atoms with Crippen LogP contribution in [0, 0.1) is 0 Å². The van der Waals surface area contributed by atoms with Gasteiger partial charge in [0.2, 0.25) is 0 Å². The Morgan fingerprint density at radius 1 is 1.50 bits per heavy atom. The largest absolute Gasteiger partial charge is 0.480 e. The molecule has 8 heteroatoms. The molecule has 2 atom stereocenters. The number of carboxylic acid groups (broad SMARTS) is 1. The van der Waals surface area contributed by atoms with Gasteiger partial charge in [-0.15, -0.1) is 0 Å². The molecule has 8 nitrogen and oxygen atoms in total. The van der Waals surface area contributed by atoms with E-state index < -0.39 is 12.1 Å². The van der Waals surface area contributed by atoms with E-state index in [1.807, 2.05) is 6.92 Å². The fraction of sp³-hybridized carbons (Fsp3) is 0.643. The van der Waals surface area contributed by atoms with Gasteiger partial charge in [0.1, 0.15) is 5.69 Å². The summed E-state index contributed by atoms with van der Waals surface area (Å²) in [6, 6.07) is 1.35. The maximum Gasteiger partial charge on any atom is 0.317 e. The number of amides is 1. The minimum Gasteiger partial charge on any atom is -0.480 e. The third-order valence-electron chi connectivity index (χ3n) is 3.87. The van der Waals surface area contributed by atoms with Crippen LogP contribution in [-0.2, 0) is 11.2 Å². The molecule has 2 rings (SSSR count). The van der Waals surface area contributed by atoms with Gasteiger partial charge in [-0.1, -0.05) is 13.3 Å². The van der Waals surface area contributed by atoms with E-state index in [0.29, 0.717) is 12.2 Å². The minimum atomic E-state index is -0.962. The Morgan fingerprint density at radius 3 is 2.86 bits per heavy atom. The monoisotopic (exact) mass is 310 g/mol. The van der Waals surface area contributed by atoms with Crippen molar-refractivity contribution < 1.29 is 19.8 Å². The number of H-pyrrole nitrogens is 1. The van der Waals surface area contributed by atoms with Gasteiger partial charge in [0.05, 0.1) is 18.7 Å². The number of rotatable bonds is 6. The van der Waals surface area contributed by atoms with E-state index in [2.05, 4.69) is 10.2 Å². The van der Waals surface area contributed by atoms with Gasteiger partial charge in [-0.05, 0) is 19.5 Å². The lowest BCUT2D eigenvalue weighted by Crippen LogP contribution is -2.43. The fourth-order valence-corrected chi connectivity index (χ4v) is 2.73. The third-order valence-corrected chi connectivity index (χ3v) is 3.87. The number of nitrogens with one attached hydrogen (secondary N) is 1. The first-order chi connectivity index (χ1) is 10.4. The van der Waals surface area contributed by atoms with Crippen LogP contribution in [0.1, 0.15) is 29.5 Å². The summed E-state index contributed by atoms with van der Waals surface area (Å²) in [6.45, 7) is 2.35. The second-order valence-electron chi connectivity index (χ2n) is 5.68. The molecule has 1 amide bonds. The van der Waals surface area contributed by atoms with Gasteiger partial charge in [-0.3, -0.25) is 19.6 Å². The van der Waals surface area contributed by atoms with Gasteiger partial charge in [0.25, 0.3) is 5.91 Å². The van der Waals surface area contributed by atoms with Gasteiger partial charge >= 0.3 is 5.97 Å². The summed E-state index contributed by atoms with van der Waals surface area (Å²) in [5.41, 5.74) is 1.24. The number of nitrogens with zero attached hydrogens (tertiary/aromatic N) is 3. The van der Waals surface area contributed by atoms with Gasteiger partial charge in [-0.2, -0.15) is 5.10 Å². The lowest BCUT2D eigenvalue weighted by Gasteiger charge is -2.24. The zero-order valence-corrected chi connectivity index (χ0v) is 12.8. The number of hydrogen-bond acceptors (Lipinski definition) is 5. The number of β-amino-alcohol motifs (C(OH)–C–C–N with tert-alkyl or cyclic N) is 1. The second-order valence-corrected chi connectivity index (χ2v) is 5.68. The standard InChI is InChI=1S/C14H22N4O4/c1-3-4-9-5-10(16-15-9)14(22)18-6-11(12(19)7-18)17(2)8-13(20)21/h5,11-12,19H,3-4,6-8H2,1-2H3,(H,15,16)(H,20,21)/t11?,12-/m1/s1. The topological polar surface area (TPSA) is 110 Å². The molecule has 0 aliphatic carbocycles. The summed E-state index contributed by atoms with van der Waals surface area (Å²) in [4.78, 5) is 26.2. The van der Waals surface area contributed by atoms with Crippen molar-refractivity contribution in [3.8, 4) is 0 Å². The molecule has 1 aromatic rings. The van der Waals surface area contributed by atoms with Crippen LogP contribution in [0.4, 0.5) is 0 Å². The normalized spacial score (nSPS) is 21.5. The summed E-state index contributed by atoms with van der Waals surface area (Å²) < 4.78 is 0. The van der Waals surface area contributed by atoms with Gasteiger partial charge < -0.3 is 15.1 Å². The van der Waals surface area contributed by atoms with Crippen molar-refractivity contribution in [3.63, 3.8) is 0 Å². The van der Waals surface area contributed by atoms with E-state index in [-0.39, 0.29) is 25.0 Å². The first-order valence-electron chi connectivity index (χ1n) is 7.36. The molecule has 1 fully saturated rings. The highest BCUT2D eigenvalue weighted by Crippen LogP contribution is 2.18. The van der Waals surface area contributed by atoms with Crippen LogP contribution in [-0.4, -0.2) is 80.9 Å². The molecule has 122 valence electrons. The molecule has 2 heterocycles. The predicted octanol–water partition coefficient (Wildman–Crippen LogP) is -0.436. The van der Waals surface area contributed by atoms with Crippen LogP contribution in [0.15, 0.2) is 6.07 Å². The van der Waals surface area contributed by atoms with Crippen molar-refractivity contribution in [1.29, 1.82) is 0 Å². The molecule has 0 bridgehead atoms. The molecule has 1 aliphatic rings. The van der Waals surface area contributed by atoms with Crippen LogP contribution in [0.25, 0.3) is 0 Å². The number of carbonyl (C=O) groups is 2. The molecule has 3 N–H and O–H groups in total. The van der Waals surface area contributed by atoms with Crippen molar-refractivity contribution in [3.05, 3.63) is 17.5 Å².